The van der Waals surface area contributed by atoms with E-state index >= 15 is 0 Å². The van der Waals surface area contributed by atoms with Crippen molar-refractivity contribution >= 4 is 15.9 Å². The number of hydrogen-bond donors (Lipinski definition) is 0. The summed E-state index contributed by atoms with van der Waals surface area (Å²) in [6.07, 6.45) is 5.72. The summed E-state index contributed by atoms with van der Waals surface area (Å²) in [4.78, 5) is 0. The Balaban J connectivity index is 1.91. The van der Waals surface area contributed by atoms with Crippen LogP contribution in [0.15, 0.2) is 0 Å². The minimum Gasteiger partial charge on any atom is -0.353 e. The Hall–Kier alpha value is 0.400. The summed E-state index contributed by atoms with van der Waals surface area (Å²) < 4.78 is 10.9. The lowest BCUT2D eigenvalue weighted by Crippen LogP contribution is -2.22. The highest BCUT2D eigenvalue weighted by molar-refractivity contribution is 9.10. The first-order valence-corrected chi connectivity index (χ1v) is 5.50. The highest BCUT2D eigenvalue weighted by atomic mass is 79.9. The monoisotopic (exact) mass is 235 g/mol. The minimum atomic E-state index is 0.0778. The van der Waals surface area contributed by atoms with Gasteiger partial charge in [0.2, 0.25) is 0 Å². The fraction of sp³-hybridized carbons (Fsp3) is 0.889. The molecular formula is C9H16BrO2. The van der Waals surface area contributed by atoms with Gasteiger partial charge in [0, 0.05) is 18.5 Å². The predicted octanol–water partition coefficient (Wildman–Crippen LogP) is 2.87. The number of ether oxygens (including phenoxy) is 2. The molecule has 1 atom stereocenters. The third-order valence-corrected chi connectivity index (χ3v) is 2.36. The van der Waals surface area contributed by atoms with E-state index in [0.717, 1.165) is 32.5 Å². The zero-order valence-electron chi connectivity index (χ0n) is 7.30. The first-order valence-electron chi connectivity index (χ1n) is 4.58. The normalized spacial score (nSPS) is 24.2. The molecule has 0 aromatic heterocycles. The molecule has 1 radical (unpaired) electrons. The lowest BCUT2D eigenvalue weighted by molar-refractivity contribution is -0.162. The fourth-order valence-corrected chi connectivity index (χ4v) is 1.54. The van der Waals surface area contributed by atoms with Crippen molar-refractivity contribution in [2.24, 2.45) is 0 Å². The molecule has 0 aromatic rings. The maximum atomic E-state index is 5.52. The van der Waals surface area contributed by atoms with E-state index in [1.54, 1.807) is 0 Å². The summed E-state index contributed by atoms with van der Waals surface area (Å²) in [5.74, 6) is 0. The first-order chi connectivity index (χ1) is 5.93. The molecule has 0 aromatic carbocycles. The Labute approximate surface area is 82.7 Å². The van der Waals surface area contributed by atoms with Crippen LogP contribution in [0.2, 0.25) is 0 Å². The molecular weight excluding hydrogens is 220 g/mol. The summed E-state index contributed by atoms with van der Waals surface area (Å²) in [5.41, 5.74) is 0. The van der Waals surface area contributed by atoms with Gasteiger partial charge in [0.05, 0.1) is 0 Å². The van der Waals surface area contributed by atoms with Gasteiger partial charge in [-0.2, -0.15) is 0 Å². The minimum absolute atomic E-state index is 0.0778. The quantitative estimate of drug-likeness (QED) is 0.683. The van der Waals surface area contributed by atoms with E-state index in [-0.39, 0.29) is 6.29 Å². The van der Waals surface area contributed by atoms with Crippen LogP contribution in [0.1, 0.15) is 32.1 Å². The lowest BCUT2D eigenvalue weighted by atomic mass is 10.2. The van der Waals surface area contributed by atoms with Gasteiger partial charge in [-0.3, -0.25) is 0 Å². The van der Waals surface area contributed by atoms with Crippen molar-refractivity contribution in [3.8, 4) is 0 Å². The van der Waals surface area contributed by atoms with Crippen molar-refractivity contribution in [1.82, 2.24) is 0 Å². The Morgan fingerprint density at radius 1 is 1.50 bits per heavy atom. The van der Waals surface area contributed by atoms with Crippen LogP contribution in [-0.4, -0.2) is 19.5 Å². The Morgan fingerprint density at radius 3 is 3.08 bits per heavy atom. The van der Waals surface area contributed by atoms with Gasteiger partial charge < -0.3 is 9.47 Å². The second kappa shape index (κ2) is 6.87. The number of halogens is 1. The van der Waals surface area contributed by atoms with Gasteiger partial charge in [-0.05, 0) is 32.1 Å². The van der Waals surface area contributed by atoms with Crippen LogP contribution in [0.25, 0.3) is 0 Å². The van der Waals surface area contributed by atoms with E-state index in [9.17, 15) is 0 Å². The molecule has 0 saturated carbocycles. The van der Waals surface area contributed by atoms with E-state index < -0.39 is 0 Å². The smallest absolute Gasteiger partial charge is 0.157 e. The van der Waals surface area contributed by atoms with Crippen molar-refractivity contribution in [2.45, 2.75) is 38.4 Å². The molecule has 1 rings (SSSR count). The second-order valence-corrected chi connectivity index (χ2v) is 3.61. The summed E-state index contributed by atoms with van der Waals surface area (Å²) in [6, 6.07) is 0. The van der Waals surface area contributed by atoms with E-state index in [1.807, 2.05) is 5.33 Å². The van der Waals surface area contributed by atoms with Crippen molar-refractivity contribution in [1.29, 1.82) is 0 Å². The van der Waals surface area contributed by atoms with Gasteiger partial charge in [-0.15, -0.1) is 0 Å². The highest BCUT2D eigenvalue weighted by Crippen LogP contribution is 2.14. The molecule has 1 aliphatic rings. The van der Waals surface area contributed by atoms with Gasteiger partial charge in [0.1, 0.15) is 0 Å². The van der Waals surface area contributed by atoms with Crippen LogP contribution in [0.5, 0.6) is 0 Å². The average molecular weight is 236 g/mol. The van der Waals surface area contributed by atoms with Crippen molar-refractivity contribution in [2.75, 3.05) is 13.2 Å². The largest absolute Gasteiger partial charge is 0.353 e. The maximum Gasteiger partial charge on any atom is 0.157 e. The standard InChI is InChI=1S/C9H16BrO2/c10-6-2-4-8-12-9-5-1-3-7-11-9/h6,9H,1-5,7-8H2. The molecule has 71 valence electrons. The zero-order chi connectivity index (χ0) is 8.65. The van der Waals surface area contributed by atoms with Gasteiger partial charge >= 0.3 is 0 Å². The van der Waals surface area contributed by atoms with Crippen LogP contribution in [0.4, 0.5) is 0 Å². The van der Waals surface area contributed by atoms with Crippen molar-refractivity contribution in [3.05, 3.63) is 5.33 Å². The molecule has 1 saturated heterocycles. The molecule has 1 unspecified atom stereocenters. The molecule has 1 heterocycles. The molecule has 1 fully saturated rings. The van der Waals surface area contributed by atoms with E-state index in [0.29, 0.717) is 0 Å². The molecule has 0 N–H and O–H groups in total. The van der Waals surface area contributed by atoms with Crippen molar-refractivity contribution in [3.63, 3.8) is 0 Å². The third-order valence-electron chi connectivity index (χ3n) is 1.90. The summed E-state index contributed by atoms with van der Waals surface area (Å²) in [5, 5.41) is 1.98. The molecule has 2 nitrogen and oxygen atoms in total. The van der Waals surface area contributed by atoms with Gasteiger partial charge in [0.25, 0.3) is 0 Å². The van der Waals surface area contributed by atoms with Gasteiger partial charge in [-0.25, -0.2) is 0 Å². The molecule has 12 heavy (non-hydrogen) atoms. The number of rotatable bonds is 5. The predicted molar refractivity (Wildman–Crippen MR) is 52.0 cm³/mol. The Morgan fingerprint density at radius 2 is 2.42 bits per heavy atom. The van der Waals surface area contributed by atoms with Crippen LogP contribution in [0.3, 0.4) is 0 Å². The van der Waals surface area contributed by atoms with E-state index in [4.69, 9.17) is 9.47 Å². The zero-order valence-corrected chi connectivity index (χ0v) is 8.88. The summed E-state index contributed by atoms with van der Waals surface area (Å²) in [6.45, 7) is 1.68. The molecule has 3 heteroatoms. The van der Waals surface area contributed by atoms with Crippen LogP contribution in [-0.2, 0) is 9.47 Å². The summed E-state index contributed by atoms with van der Waals surface area (Å²) in [7, 11) is 0. The topological polar surface area (TPSA) is 18.5 Å². The van der Waals surface area contributed by atoms with Gasteiger partial charge in [0.15, 0.2) is 6.29 Å². The lowest BCUT2D eigenvalue weighted by Gasteiger charge is -2.22. The highest BCUT2D eigenvalue weighted by Gasteiger charge is 2.12. The Bertz CT molecular complexity index is 103. The average Bonchev–Trinajstić information content (AvgIpc) is 2.14. The number of unbranched alkanes of at least 4 members (excludes halogenated alkanes) is 1. The van der Waals surface area contributed by atoms with Crippen molar-refractivity contribution < 1.29 is 9.47 Å². The Kier molecular flexibility index (Phi) is 6.00. The molecule has 1 aliphatic heterocycles. The summed E-state index contributed by atoms with van der Waals surface area (Å²) >= 11 is 3.26. The number of hydrogen-bond acceptors (Lipinski definition) is 2. The molecule has 0 amide bonds. The molecule has 0 aliphatic carbocycles. The third kappa shape index (κ3) is 4.43. The SMILES string of the molecule is Br[CH]CCCOC1CCCCO1. The van der Waals surface area contributed by atoms with Gasteiger partial charge in [-0.1, -0.05) is 15.9 Å². The molecule has 0 spiro atoms. The van der Waals surface area contributed by atoms with E-state index in [1.165, 1.54) is 12.8 Å². The van der Waals surface area contributed by atoms with Crippen LogP contribution < -0.4 is 0 Å². The van der Waals surface area contributed by atoms with E-state index in [2.05, 4.69) is 15.9 Å². The van der Waals surface area contributed by atoms with Crippen LogP contribution in [0, 0.1) is 5.33 Å². The maximum absolute atomic E-state index is 5.52. The second-order valence-electron chi connectivity index (χ2n) is 2.96. The molecule has 0 bridgehead atoms. The first kappa shape index (κ1) is 10.5. The fourth-order valence-electron chi connectivity index (χ4n) is 1.22. The van der Waals surface area contributed by atoms with Crippen LogP contribution >= 0.6 is 15.9 Å².